The van der Waals surface area contributed by atoms with Crippen molar-refractivity contribution < 1.29 is 27.2 Å². The minimum Gasteiger partial charge on any atom is -0.380 e. The SMILES string of the molecule is CC(=O)C1=Cc2cc(NCc3cc(CC(=O)c4ccc(CN5CC[C@H](N(C)C)C5)c(C(F)(F)F)c4)ccc3F)cnc2C1. The Morgan fingerprint density at radius 3 is 2.58 bits per heavy atom. The fourth-order valence-electron chi connectivity index (χ4n) is 5.65. The van der Waals surface area contributed by atoms with Crippen LogP contribution < -0.4 is 5.32 Å². The smallest absolute Gasteiger partial charge is 0.380 e. The first-order valence-corrected chi connectivity index (χ1v) is 14.2. The lowest BCUT2D eigenvalue weighted by molar-refractivity contribution is -0.138. The molecule has 2 heterocycles. The van der Waals surface area contributed by atoms with Crippen molar-refractivity contribution in [2.45, 2.75) is 51.5 Å². The zero-order valence-corrected chi connectivity index (χ0v) is 24.4. The summed E-state index contributed by atoms with van der Waals surface area (Å²) in [4.78, 5) is 33.3. The van der Waals surface area contributed by atoms with Crippen LogP contribution in [0, 0.1) is 5.82 Å². The molecule has 0 unspecified atom stereocenters. The Labute approximate surface area is 248 Å². The number of hydrogen-bond donors (Lipinski definition) is 1. The van der Waals surface area contributed by atoms with E-state index in [-0.39, 0.29) is 36.4 Å². The van der Waals surface area contributed by atoms with Gasteiger partial charge in [-0.25, -0.2) is 4.39 Å². The van der Waals surface area contributed by atoms with Crippen LogP contribution in [0.2, 0.25) is 0 Å². The maximum Gasteiger partial charge on any atom is 0.416 e. The van der Waals surface area contributed by atoms with Crippen molar-refractivity contribution in [3.63, 3.8) is 0 Å². The summed E-state index contributed by atoms with van der Waals surface area (Å²) >= 11 is 0. The van der Waals surface area contributed by atoms with E-state index < -0.39 is 23.3 Å². The minimum atomic E-state index is -4.60. The van der Waals surface area contributed by atoms with Crippen molar-refractivity contribution in [3.8, 4) is 0 Å². The Kier molecular flexibility index (Phi) is 8.80. The second kappa shape index (κ2) is 12.4. The van der Waals surface area contributed by atoms with Gasteiger partial charge in [0.15, 0.2) is 11.6 Å². The lowest BCUT2D eigenvalue weighted by Crippen LogP contribution is -2.31. The first-order valence-electron chi connectivity index (χ1n) is 14.2. The predicted octanol–water partition coefficient (Wildman–Crippen LogP) is 5.94. The van der Waals surface area contributed by atoms with Crippen LogP contribution in [0.25, 0.3) is 6.08 Å². The van der Waals surface area contributed by atoms with Crippen molar-refractivity contribution in [1.29, 1.82) is 0 Å². The number of likely N-dealkylation sites (tertiary alicyclic amines) is 1. The Morgan fingerprint density at radius 2 is 1.88 bits per heavy atom. The minimum absolute atomic E-state index is 0.00750. The van der Waals surface area contributed by atoms with Gasteiger partial charge in [0.1, 0.15) is 5.82 Å². The predicted molar refractivity (Wildman–Crippen MR) is 157 cm³/mol. The second-order valence-electron chi connectivity index (χ2n) is 11.6. The number of ketones is 2. The Bertz CT molecular complexity index is 1580. The molecule has 0 amide bonds. The summed E-state index contributed by atoms with van der Waals surface area (Å²) in [6.07, 6.45) is 0.0258. The summed E-state index contributed by atoms with van der Waals surface area (Å²) < 4.78 is 56.8. The monoisotopic (exact) mass is 594 g/mol. The molecule has 1 aliphatic heterocycles. The third kappa shape index (κ3) is 7.19. The van der Waals surface area contributed by atoms with Crippen molar-refractivity contribution in [3.05, 3.63) is 99.1 Å². The highest BCUT2D eigenvalue weighted by Crippen LogP contribution is 2.34. The van der Waals surface area contributed by atoms with Gasteiger partial charge >= 0.3 is 6.18 Å². The van der Waals surface area contributed by atoms with Gasteiger partial charge in [0.2, 0.25) is 0 Å². The van der Waals surface area contributed by atoms with Gasteiger partial charge in [0, 0.05) is 61.8 Å². The van der Waals surface area contributed by atoms with Crippen LogP contribution in [0.4, 0.5) is 23.2 Å². The molecule has 1 fully saturated rings. The van der Waals surface area contributed by atoms with Gasteiger partial charge in [-0.15, -0.1) is 0 Å². The third-order valence-electron chi connectivity index (χ3n) is 8.21. The van der Waals surface area contributed by atoms with E-state index in [1.165, 1.54) is 31.2 Å². The number of benzene rings is 2. The van der Waals surface area contributed by atoms with Gasteiger partial charge in [-0.2, -0.15) is 13.2 Å². The van der Waals surface area contributed by atoms with Gasteiger partial charge in [-0.1, -0.05) is 24.3 Å². The lowest BCUT2D eigenvalue weighted by Gasteiger charge is -2.22. The lowest BCUT2D eigenvalue weighted by atomic mass is 9.97. The van der Waals surface area contributed by atoms with Crippen molar-refractivity contribution in [1.82, 2.24) is 14.8 Å². The van der Waals surface area contributed by atoms with Crippen molar-refractivity contribution in [2.24, 2.45) is 0 Å². The van der Waals surface area contributed by atoms with Crippen LogP contribution in [0.15, 0.2) is 54.2 Å². The highest BCUT2D eigenvalue weighted by Gasteiger charge is 2.35. The summed E-state index contributed by atoms with van der Waals surface area (Å²) in [7, 11) is 3.93. The number of anilines is 1. The summed E-state index contributed by atoms with van der Waals surface area (Å²) in [6.45, 7) is 3.18. The number of alkyl halides is 3. The van der Waals surface area contributed by atoms with Gasteiger partial charge in [-0.3, -0.25) is 19.5 Å². The fraction of sp³-hybridized carbons (Fsp3) is 0.364. The van der Waals surface area contributed by atoms with Crippen molar-refractivity contribution in [2.75, 3.05) is 32.5 Å². The van der Waals surface area contributed by atoms with E-state index in [1.54, 1.807) is 18.3 Å². The maximum absolute atomic E-state index is 14.6. The summed E-state index contributed by atoms with van der Waals surface area (Å²) in [5.74, 6) is -0.960. The number of carbonyl (C=O) groups excluding carboxylic acids is 2. The Morgan fingerprint density at radius 1 is 1.09 bits per heavy atom. The number of halogens is 4. The number of Topliss-reactive ketones (excluding diaryl/α,β-unsaturated/α-hetero) is 2. The second-order valence-corrected chi connectivity index (χ2v) is 11.6. The van der Waals surface area contributed by atoms with Crippen LogP contribution >= 0.6 is 0 Å². The molecule has 1 aliphatic carbocycles. The molecule has 0 saturated carbocycles. The van der Waals surface area contributed by atoms with E-state index in [0.29, 0.717) is 47.9 Å². The number of fused-ring (bicyclic) bond motifs is 1. The quantitative estimate of drug-likeness (QED) is 0.232. The van der Waals surface area contributed by atoms with Gasteiger partial charge in [0.05, 0.1) is 23.1 Å². The molecular formula is C33H34F4N4O2. The molecule has 5 rings (SSSR count). The van der Waals surface area contributed by atoms with Gasteiger partial charge in [0.25, 0.3) is 0 Å². The van der Waals surface area contributed by atoms with E-state index in [4.69, 9.17) is 0 Å². The van der Waals surface area contributed by atoms with E-state index >= 15 is 0 Å². The molecule has 1 aromatic heterocycles. The van der Waals surface area contributed by atoms with E-state index in [2.05, 4.69) is 15.2 Å². The maximum atomic E-state index is 14.6. The number of hydrogen-bond acceptors (Lipinski definition) is 6. The summed E-state index contributed by atoms with van der Waals surface area (Å²) in [6, 6.07) is 10.2. The fourth-order valence-corrected chi connectivity index (χ4v) is 5.65. The third-order valence-corrected chi connectivity index (χ3v) is 8.21. The molecule has 0 bridgehead atoms. The average molecular weight is 595 g/mol. The summed E-state index contributed by atoms with van der Waals surface area (Å²) in [5, 5.41) is 3.12. The molecule has 1 saturated heterocycles. The number of likely N-dealkylation sites (N-methyl/N-ethyl adjacent to an activating group) is 1. The molecule has 1 atom stereocenters. The molecular weight excluding hydrogens is 560 g/mol. The number of aromatic nitrogens is 1. The molecule has 1 N–H and O–H groups in total. The van der Waals surface area contributed by atoms with Gasteiger partial charge < -0.3 is 10.2 Å². The van der Waals surface area contributed by atoms with Gasteiger partial charge in [-0.05, 0) is 68.4 Å². The molecule has 3 aromatic rings. The van der Waals surface area contributed by atoms with Crippen LogP contribution in [-0.2, 0) is 36.9 Å². The normalized spacial score (nSPS) is 16.8. The van der Waals surface area contributed by atoms with Crippen molar-refractivity contribution >= 4 is 23.3 Å². The van der Waals surface area contributed by atoms with Crippen LogP contribution in [0.1, 0.15) is 57.2 Å². The standard InChI is InChI=1S/C33H34F4N4O2/c1-20(42)24-12-25-13-27(17-39-31(25)15-24)38-16-26-10-21(4-7-30(26)34)11-32(43)22-5-6-23(29(14-22)33(35,36)37)18-41-9-8-28(19-41)40(2)3/h4-7,10,12-14,17,28,38H,8-9,11,15-16,18-19H2,1-3H3/t28-/m0/s1. The molecule has 43 heavy (non-hydrogen) atoms. The number of carbonyl (C=O) groups is 2. The van der Waals surface area contributed by atoms with Crippen LogP contribution in [-0.4, -0.2) is 59.6 Å². The number of nitrogens with zero attached hydrogens (tertiary/aromatic N) is 3. The zero-order valence-electron chi connectivity index (χ0n) is 24.4. The number of allylic oxidation sites excluding steroid dienone is 1. The highest BCUT2D eigenvalue weighted by molar-refractivity contribution is 6.00. The Hall–Kier alpha value is -3.89. The van der Waals surface area contributed by atoms with Crippen LogP contribution in [0.3, 0.4) is 0 Å². The molecule has 2 aliphatic rings. The molecule has 0 radical (unpaired) electrons. The largest absolute Gasteiger partial charge is 0.416 e. The number of pyridine rings is 1. The van der Waals surface area contributed by atoms with E-state index in [1.807, 2.05) is 25.1 Å². The van der Waals surface area contributed by atoms with Crippen LogP contribution in [0.5, 0.6) is 0 Å². The molecule has 6 nitrogen and oxygen atoms in total. The molecule has 226 valence electrons. The molecule has 2 aromatic carbocycles. The summed E-state index contributed by atoms with van der Waals surface area (Å²) in [5.41, 5.74) is 3.07. The first-order chi connectivity index (χ1) is 20.4. The topological polar surface area (TPSA) is 65.5 Å². The average Bonchev–Trinajstić information content (AvgIpc) is 3.60. The molecule has 0 spiro atoms. The van der Waals surface area contributed by atoms with E-state index in [9.17, 15) is 27.2 Å². The van der Waals surface area contributed by atoms with E-state index in [0.717, 1.165) is 23.7 Å². The first kappa shape index (κ1) is 30.6. The number of nitrogens with one attached hydrogen (secondary N) is 1. The highest BCUT2D eigenvalue weighted by atomic mass is 19.4. The number of rotatable bonds is 10. The molecule has 10 heteroatoms. The Balaban J connectivity index is 1.27. The zero-order chi connectivity index (χ0) is 30.9.